The van der Waals surface area contributed by atoms with Crippen LogP contribution < -0.4 is 5.19 Å². The smallest absolute Gasteiger partial charge is 0.0795 e. The molecule has 279 valence electrons. The van der Waals surface area contributed by atoms with Gasteiger partial charge in [-0.05, 0) is 73.3 Å². The Labute approximate surface area is 353 Å². The summed E-state index contributed by atoms with van der Waals surface area (Å²) in [6.07, 6.45) is 3.42. The fraction of sp³-hybridized carbons (Fsp3) is 0.200. The van der Waals surface area contributed by atoms with Crippen molar-refractivity contribution in [3.8, 4) is 44.8 Å². The van der Waals surface area contributed by atoms with Crippen molar-refractivity contribution in [1.82, 2.24) is 9.97 Å². The molecular formula is C50H48IrN2SSi-2. The minimum absolute atomic E-state index is 0. The van der Waals surface area contributed by atoms with E-state index in [4.69, 9.17) is 11.8 Å². The number of nitrogens with zero attached hydrogens (tertiary/aromatic N) is 2. The molecule has 0 aliphatic carbocycles. The molecule has 3 heterocycles. The maximum Gasteiger partial charge on any atom is 0.0795 e. The summed E-state index contributed by atoms with van der Waals surface area (Å²) < 4.78 is 42.9. The van der Waals surface area contributed by atoms with E-state index in [0.29, 0.717) is 11.3 Å². The largest absolute Gasteiger partial charge is 0.305 e. The van der Waals surface area contributed by atoms with Gasteiger partial charge >= 0.3 is 0 Å². The van der Waals surface area contributed by atoms with E-state index in [2.05, 4.69) is 103 Å². The number of aryl methyl sites for hydroxylation is 1. The maximum absolute atomic E-state index is 8.52. The first-order valence-corrected chi connectivity index (χ1v) is 22.6. The third kappa shape index (κ3) is 8.82. The van der Waals surface area contributed by atoms with Crippen molar-refractivity contribution in [2.75, 3.05) is 0 Å². The van der Waals surface area contributed by atoms with Crippen molar-refractivity contribution in [3.63, 3.8) is 0 Å². The molecule has 1 radical (unpaired) electrons. The molecule has 0 fully saturated rings. The molecule has 0 atom stereocenters. The SMILES string of the molecule is [2H]C(C)(C)c1c[c-]c(-c2ccc([Si](C)(C)C)cn2)cc1-c1ccccc1.[2H]C([2H])([2H])c1cnc(-c2[c-]ccc3c2sc2cc(-c4ccccc4)ccc23)cc1C([2H])(C)C.[Ir]. The minimum Gasteiger partial charge on any atom is -0.305 e. The summed E-state index contributed by atoms with van der Waals surface area (Å²) in [5, 5.41) is 3.65. The van der Waals surface area contributed by atoms with Crippen LogP contribution in [-0.2, 0) is 20.1 Å². The van der Waals surface area contributed by atoms with E-state index in [1.54, 1.807) is 31.3 Å². The molecular weight excluding hydrogens is 881 g/mol. The average Bonchev–Trinajstić information content (AvgIpc) is 3.58. The monoisotopic (exact) mass is 934 g/mol. The van der Waals surface area contributed by atoms with Crippen molar-refractivity contribution in [2.24, 2.45) is 0 Å². The number of benzene rings is 5. The summed E-state index contributed by atoms with van der Waals surface area (Å²) in [7, 11) is -1.35. The minimum atomic E-state index is -2.32. The number of rotatable bonds is 7. The second kappa shape index (κ2) is 17.1. The summed E-state index contributed by atoms with van der Waals surface area (Å²) in [4.78, 5) is 9.21. The van der Waals surface area contributed by atoms with Gasteiger partial charge in [-0.1, -0.05) is 155 Å². The van der Waals surface area contributed by atoms with Crippen LogP contribution in [0.15, 0.2) is 134 Å². The van der Waals surface area contributed by atoms with Crippen molar-refractivity contribution in [1.29, 1.82) is 0 Å². The Morgan fingerprint density at radius 2 is 1.36 bits per heavy atom. The molecule has 5 heteroatoms. The molecule has 0 unspecified atom stereocenters. The Balaban J connectivity index is 0.000000204. The zero-order chi connectivity index (χ0) is 42.3. The second-order valence-corrected chi connectivity index (χ2v) is 21.2. The summed E-state index contributed by atoms with van der Waals surface area (Å²) in [5.74, 6) is -1.75. The standard InChI is InChI=1S/C27H22NS.C23H26NSi.Ir/c1-17(2)24-15-25(28-16-18(24)3)23-11-7-10-22-21-13-12-20(14-26(21)29-27(22)23)19-8-5-4-6-9-19;1-17(2)21-13-11-19(15-22(21)18-9-7-6-8-10-18)23-14-12-20(16-24-23)25(3,4)5;/h4-10,12-17H,1-3H3;6-10,12-17H,1-5H3;/q2*-1;/i3D3,17D;17D;. The maximum atomic E-state index is 8.52. The third-order valence-electron chi connectivity index (χ3n) is 9.72. The van der Waals surface area contributed by atoms with Crippen LogP contribution in [0.5, 0.6) is 0 Å². The van der Waals surface area contributed by atoms with E-state index >= 15 is 0 Å². The molecule has 5 aromatic carbocycles. The number of thiophene rings is 1. The van der Waals surface area contributed by atoms with Gasteiger partial charge in [-0.3, -0.25) is 0 Å². The van der Waals surface area contributed by atoms with Gasteiger partial charge in [0.15, 0.2) is 0 Å². The summed E-state index contributed by atoms with van der Waals surface area (Å²) in [6, 6.07) is 47.8. The molecule has 8 aromatic rings. The molecule has 0 aliphatic rings. The van der Waals surface area contributed by atoms with Crippen LogP contribution in [-0.4, -0.2) is 18.0 Å². The van der Waals surface area contributed by atoms with E-state index in [1.165, 1.54) is 32.6 Å². The van der Waals surface area contributed by atoms with E-state index in [1.807, 2.05) is 68.6 Å². The topological polar surface area (TPSA) is 25.8 Å². The van der Waals surface area contributed by atoms with Crippen molar-refractivity contribution >= 4 is 44.8 Å². The van der Waals surface area contributed by atoms with Gasteiger partial charge < -0.3 is 9.97 Å². The molecule has 3 aromatic heterocycles. The third-order valence-corrected chi connectivity index (χ3v) is 12.9. The Bertz CT molecular complexity index is 2750. The van der Waals surface area contributed by atoms with Crippen LogP contribution in [0.4, 0.5) is 0 Å². The Hall–Kier alpha value is -4.51. The van der Waals surface area contributed by atoms with Gasteiger partial charge in [-0.15, -0.1) is 53.1 Å². The Morgan fingerprint density at radius 1 is 0.673 bits per heavy atom. The molecule has 0 amide bonds. The van der Waals surface area contributed by atoms with Crippen LogP contribution >= 0.6 is 11.3 Å². The quantitative estimate of drug-likeness (QED) is 0.118. The Morgan fingerprint density at radius 3 is 2.00 bits per heavy atom. The van der Waals surface area contributed by atoms with Crippen LogP contribution in [0.1, 0.15) is 63.0 Å². The molecule has 2 nitrogen and oxygen atoms in total. The first-order chi connectivity index (χ1) is 27.8. The molecule has 0 aliphatic heterocycles. The van der Waals surface area contributed by atoms with Crippen molar-refractivity contribution in [3.05, 3.63) is 163 Å². The molecule has 0 N–H and O–H groups in total. The van der Waals surface area contributed by atoms with Gasteiger partial charge in [-0.25, -0.2) is 0 Å². The molecule has 8 rings (SSSR count). The number of pyridine rings is 2. The van der Waals surface area contributed by atoms with Crippen molar-refractivity contribution in [2.45, 2.75) is 66.0 Å². The fourth-order valence-electron chi connectivity index (χ4n) is 6.65. The number of hydrogen-bond donors (Lipinski definition) is 0. The van der Waals surface area contributed by atoms with E-state index in [0.717, 1.165) is 43.6 Å². The normalized spacial score (nSPS) is 13.4. The zero-order valence-corrected chi connectivity index (χ0v) is 36.5. The van der Waals surface area contributed by atoms with Crippen LogP contribution in [0.2, 0.25) is 19.6 Å². The van der Waals surface area contributed by atoms with Crippen molar-refractivity contribution < 1.29 is 27.0 Å². The average molecular weight is 934 g/mol. The first-order valence-electron chi connectivity index (χ1n) is 20.8. The van der Waals surface area contributed by atoms with Crippen LogP contribution in [0.25, 0.3) is 64.9 Å². The summed E-state index contributed by atoms with van der Waals surface area (Å²) in [5.41, 5.74) is 9.48. The molecule has 55 heavy (non-hydrogen) atoms. The van der Waals surface area contributed by atoms with E-state index < -0.39 is 26.7 Å². The van der Waals surface area contributed by atoms with Crippen LogP contribution in [0, 0.1) is 19.0 Å². The fourth-order valence-corrected chi connectivity index (χ4v) is 8.94. The van der Waals surface area contributed by atoms with E-state index in [-0.39, 0.29) is 25.7 Å². The van der Waals surface area contributed by atoms with Gasteiger partial charge in [-0.2, -0.15) is 11.3 Å². The number of hydrogen-bond acceptors (Lipinski definition) is 3. The first kappa shape index (κ1) is 33.8. The predicted molar refractivity (Wildman–Crippen MR) is 237 cm³/mol. The second-order valence-electron chi connectivity index (χ2n) is 15.1. The predicted octanol–water partition coefficient (Wildman–Crippen LogP) is 13.9. The number of aromatic nitrogens is 2. The van der Waals surface area contributed by atoms with Gasteiger partial charge in [0.1, 0.15) is 0 Å². The van der Waals surface area contributed by atoms with Crippen LogP contribution in [0.3, 0.4) is 0 Å². The molecule has 0 saturated heterocycles. The molecule has 0 bridgehead atoms. The molecule has 0 saturated carbocycles. The van der Waals surface area contributed by atoms with Gasteiger partial charge in [0, 0.05) is 44.1 Å². The number of fused-ring (bicyclic) bond motifs is 3. The van der Waals surface area contributed by atoms with Gasteiger partial charge in [0.2, 0.25) is 0 Å². The molecule has 0 spiro atoms. The zero-order valence-electron chi connectivity index (χ0n) is 37.3. The Kier molecular flexibility index (Phi) is 10.5. The summed E-state index contributed by atoms with van der Waals surface area (Å²) >= 11 is 1.69. The summed E-state index contributed by atoms with van der Waals surface area (Å²) in [6.45, 7) is 11.9. The van der Waals surface area contributed by atoms with Gasteiger partial charge in [0.05, 0.1) is 8.07 Å². The van der Waals surface area contributed by atoms with Gasteiger partial charge in [0.25, 0.3) is 0 Å². The van der Waals surface area contributed by atoms with E-state index in [9.17, 15) is 0 Å².